The van der Waals surface area contributed by atoms with Crippen LogP contribution in [0.1, 0.15) is 22.8 Å². The third kappa shape index (κ3) is 4.46. The van der Waals surface area contributed by atoms with Crippen LogP contribution in [0, 0.1) is 0 Å². The first kappa shape index (κ1) is 17.3. The SMILES string of the molecule is CC(CO)NC(=O)c1cc2cccoc-2c1COCC(F)(F)F. The van der Waals surface area contributed by atoms with E-state index >= 15 is 0 Å². The highest BCUT2D eigenvalue weighted by Crippen LogP contribution is 2.32. The van der Waals surface area contributed by atoms with Crippen molar-refractivity contribution in [1.82, 2.24) is 5.32 Å². The molecule has 0 saturated carbocycles. The maximum Gasteiger partial charge on any atom is 0.411 e. The number of rotatable bonds is 6. The fourth-order valence-electron chi connectivity index (χ4n) is 2.08. The van der Waals surface area contributed by atoms with E-state index in [1.165, 1.54) is 12.3 Å². The second-order valence-corrected chi connectivity index (χ2v) is 5.10. The lowest BCUT2D eigenvalue weighted by atomic mass is 10.1. The molecule has 1 amide bonds. The summed E-state index contributed by atoms with van der Waals surface area (Å²) >= 11 is 0. The summed E-state index contributed by atoms with van der Waals surface area (Å²) in [5, 5.41) is 11.5. The zero-order chi connectivity index (χ0) is 17.0. The number of amides is 1. The number of halogens is 3. The molecule has 126 valence electrons. The van der Waals surface area contributed by atoms with Gasteiger partial charge >= 0.3 is 6.18 Å². The maximum absolute atomic E-state index is 12.2. The molecule has 23 heavy (non-hydrogen) atoms. The van der Waals surface area contributed by atoms with Crippen LogP contribution in [0.15, 0.2) is 28.9 Å². The minimum Gasteiger partial charge on any atom is -0.464 e. The van der Waals surface area contributed by atoms with E-state index in [2.05, 4.69) is 10.1 Å². The van der Waals surface area contributed by atoms with Crippen LogP contribution in [0.3, 0.4) is 0 Å². The number of aliphatic hydroxyl groups excluding tert-OH is 1. The molecule has 0 saturated heterocycles. The lowest BCUT2D eigenvalue weighted by Gasteiger charge is -2.12. The van der Waals surface area contributed by atoms with Crippen molar-refractivity contribution in [3.8, 4) is 11.3 Å². The third-order valence-electron chi connectivity index (χ3n) is 3.11. The average Bonchev–Trinajstić information content (AvgIpc) is 2.85. The number of nitrogens with one attached hydrogen (secondary N) is 1. The van der Waals surface area contributed by atoms with E-state index in [1.54, 1.807) is 19.1 Å². The standard InChI is InChI=1S/C15H16F3NO4/c1-9(6-20)19-14(21)11-5-10-3-2-4-23-13(10)12(11)7-22-8-15(16,17)18/h2-5,9,20H,6-8H2,1H3,(H,19,21). The summed E-state index contributed by atoms with van der Waals surface area (Å²) in [4.78, 5) is 12.2. The van der Waals surface area contributed by atoms with E-state index < -0.39 is 31.3 Å². The minimum atomic E-state index is -4.45. The maximum atomic E-state index is 12.2. The van der Waals surface area contributed by atoms with Gasteiger partial charge in [0.2, 0.25) is 0 Å². The first-order valence-electron chi connectivity index (χ1n) is 6.87. The van der Waals surface area contributed by atoms with E-state index in [0.29, 0.717) is 11.3 Å². The summed E-state index contributed by atoms with van der Waals surface area (Å²) in [6.45, 7) is -0.478. The minimum absolute atomic E-state index is 0.164. The molecule has 0 spiro atoms. The summed E-state index contributed by atoms with van der Waals surface area (Å²) in [6.07, 6.45) is -3.08. The van der Waals surface area contributed by atoms with Gasteiger partial charge in [0.1, 0.15) is 12.4 Å². The molecule has 1 heterocycles. The predicted octanol–water partition coefficient (Wildman–Crippen LogP) is 2.57. The Morgan fingerprint density at radius 1 is 1.48 bits per heavy atom. The number of carbonyl (C=O) groups excluding carboxylic acids is 1. The number of alkyl halides is 3. The van der Waals surface area contributed by atoms with Crippen LogP contribution in [-0.4, -0.2) is 36.4 Å². The Bertz CT molecular complexity index is 638. The van der Waals surface area contributed by atoms with Crippen molar-refractivity contribution >= 4 is 5.91 Å². The van der Waals surface area contributed by atoms with Gasteiger partial charge < -0.3 is 19.6 Å². The van der Waals surface area contributed by atoms with Crippen LogP contribution in [0.25, 0.3) is 11.3 Å². The highest BCUT2D eigenvalue weighted by molar-refractivity contribution is 5.99. The molecule has 0 fully saturated rings. The van der Waals surface area contributed by atoms with Gasteiger partial charge in [0.15, 0.2) is 0 Å². The Morgan fingerprint density at radius 3 is 2.87 bits per heavy atom. The number of hydrogen-bond acceptors (Lipinski definition) is 4. The van der Waals surface area contributed by atoms with Crippen LogP contribution in [-0.2, 0) is 11.3 Å². The Hall–Kier alpha value is -2.06. The monoisotopic (exact) mass is 331 g/mol. The molecule has 0 bridgehead atoms. The third-order valence-corrected chi connectivity index (χ3v) is 3.11. The molecule has 2 N–H and O–H groups in total. The largest absolute Gasteiger partial charge is 0.464 e. The molecule has 0 radical (unpaired) electrons. The molecule has 1 aliphatic heterocycles. The van der Waals surface area contributed by atoms with Gasteiger partial charge in [-0.2, -0.15) is 13.2 Å². The van der Waals surface area contributed by atoms with Crippen molar-refractivity contribution in [2.45, 2.75) is 25.7 Å². The van der Waals surface area contributed by atoms with E-state index in [1.807, 2.05) is 0 Å². The molecule has 5 nitrogen and oxygen atoms in total. The molecule has 0 aromatic rings. The molecular weight excluding hydrogens is 315 g/mol. The van der Waals surface area contributed by atoms with Crippen molar-refractivity contribution in [3.63, 3.8) is 0 Å². The normalized spacial score (nSPS) is 13.3. The molecule has 2 rings (SSSR count). The second kappa shape index (κ2) is 7.01. The molecule has 8 heteroatoms. The zero-order valence-corrected chi connectivity index (χ0v) is 12.3. The lowest BCUT2D eigenvalue weighted by molar-refractivity contribution is -0.176. The van der Waals surface area contributed by atoms with E-state index in [4.69, 9.17) is 9.52 Å². The molecular formula is C15H16F3NO4. The van der Waals surface area contributed by atoms with Crippen LogP contribution >= 0.6 is 0 Å². The highest BCUT2D eigenvalue weighted by Gasteiger charge is 2.29. The first-order chi connectivity index (χ1) is 10.8. The molecule has 0 aromatic heterocycles. The fourth-order valence-corrected chi connectivity index (χ4v) is 2.08. The predicted molar refractivity (Wildman–Crippen MR) is 75.1 cm³/mol. The van der Waals surface area contributed by atoms with Gasteiger partial charge in [0.05, 0.1) is 19.5 Å². The van der Waals surface area contributed by atoms with Gasteiger partial charge in [0.25, 0.3) is 5.91 Å². The Morgan fingerprint density at radius 2 is 2.22 bits per heavy atom. The molecule has 1 aliphatic carbocycles. The average molecular weight is 331 g/mol. The Balaban J connectivity index is 2.26. The number of hydrogen-bond donors (Lipinski definition) is 2. The molecule has 2 aliphatic rings. The van der Waals surface area contributed by atoms with E-state index in [0.717, 1.165) is 0 Å². The quantitative estimate of drug-likeness (QED) is 0.853. The summed E-state index contributed by atoms with van der Waals surface area (Å²) < 4.78 is 46.6. The van der Waals surface area contributed by atoms with Crippen molar-refractivity contribution in [1.29, 1.82) is 0 Å². The summed E-state index contributed by atoms with van der Waals surface area (Å²) in [7, 11) is 0. The van der Waals surface area contributed by atoms with Crippen LogP contribution in [0.4, 0.5) is 13.2 Å². The van der Waals surface area contributed by atoms with Gasteiger partial charge in [-0.05, 0) is 25.1 Å². The van der Waals surface area contributed by atoms with Gasteiger partial charge in [0, 0.05) is 22.7 Å². The zero-order valence-electron chi connectivity index (χ0n) is 12.3. The second-order valence-electron chi connectivity index (χ2n) is 5.10. The van der Waals surface area contributed by atoms with Crippen LogP contribution in [0.2, 0.25) is 0 Å². The van der Waals surface area contributed by atoms with Crippen molar-refractivity contribution < 1.29 is 32.2 Å². The van der Waals surface area contributed by atoms with Crippen molar-refractivity contribution in [3.05, 3.63) is 35.6 Å². The topological polar surface area (TPSA) is 71.7 Å². The smallest absolute Gasteiger partial charge is 0.411 e. The summed E-state index contributed by atoms with van der Waals surface area (Å²) in [5.74, 6) is -0.208. The molecule has 1 unspecified atom stereocenters. The van der Waals surface area contributed by atoms with Crippen LogP contribution in [0.5, 0.6) is 0 Å². The van der Waals surface area contributed by atoms with Gasteiger partial charge in [-0.15, -0.1) is 0 Å². The number of aliphatic hydroxyl groups is 1. The number of ether oxygens (including phenoxy) is 1. The summed E-state index contributed by atoms with van der Waals surface area (Å²) in [5.41, 5.74) is 0.991. The van der Waals surface area contributed by atoms with E-state index in [9.17, 15) is 18.0 Å². The summed E-state index contributed by atoms with van der Waals surface area (Å²) in [6, 6.07) is 4.32. The number of fused-ring (bicyclic) bond motifs is 1. The Labute approximate surface area is 130 Å². The number of carbonyl (C=O) groups is 1. The lowest BCUT2D eigenvalue weighted by Crippen LogP contribution is -2.35. The Kier molecular flexibility index (Phi) is 5.27. The highest BCUT2D eigenvalue weighted by atomic mass is 19.4. The van der Waals surface area contributed by atoms with E-state index in [-0.39, 0.29) is 17.7 Å². The van der Waals surface area contributed by atoms with Crippen molar-refractivity contribution in [2.24, 2.45) is 0 Å². The van der Waals surface area contributed by atoms with Crippen molar-refractivity contribution in [2.75, 3.05) is 13.2 Å². The first-order valence-corrected chi connectivity index (χ1v) is 6.87. The van der Waals surface area contributed by atoms with Gasteiger partial charge in [-0.1, -0.05) is 0 Å². The molecule has 0 aromatic carbocycles. The van der Waals surface area contributed by atoms with Gasteiger partial charge in [-0.25, -0.2) is 0 Å². The molecule has 1 atom stereocenters. The van der Waals surface area contributed by atoms with Gasteiger partial charge in [-0.3, -0.25) is 4.79 Å². The van der Waals surface area contributed by atoms with Crippen LogP contribution < -0.4 is 5.32 Å². The fraction of sp³-hybridized carbons (Fsp3) is 0.400.